The average molecular weight is 298 g/mol. The van der Waals surface area contributed by atoms with Gasteiger partial charge in [-0.3, -0.25) is 4.79 Å². The lowest BCUT2D eigenvalue weighted by atomic mass is 10.3. The van der Waals surface area contributed by atoms with Crippen LogP contribution in [0.3, 0.4) is 0 Å². The SMILES string of the molecule is O=C1C=CN=N1.c1ccc2scnc2c1.c1ncncn1. The van der Waals surface area contributed by atoms with E-state index in [4.69, 9.17) is 0 Å². The Morgan fingerprint density at radius 1 is 0.952 bits per heavy atom. The first-order chi connectivity index (χ1) is 10.4. The number of thiazole rings is 1. The molecule has 1 amide bonds. The molecular formula is C13H10N6OS. The van der Waals surface area contributed by atoms with Gasteiger partial charge in [0.2, 0.25) is 0 Å². The Bertz CT molecular complexity index is 670. The summed E-state index contributed by atoms with van der Waals surface area (Å²) in [5.74, 6) is -0.269. The fourth-order valence-corrected chi connectivity index (χ4v) is 1.91. The highest BCUT2D eigenvalue weighted by Crippen LogP contribution is 2.15. The maximum absolute atomic E-state index is 9.90. The van der Waals surface area contributed by atoms with E-state index < -0.39 is 0 Å². The van der Waals surface area contributed by atoms with Crippen LogP contribution in [-0.4, -0.2) is 25.8 Å². The van der Waals surface area contributed by atoms with Gasteiger partial charge in [-0.2, -0.15) is 5.11 Å². The highest BCUT2D eigenvalue weighted by molar-refractivity contribution is 7.16. The molecule has 0 fully saturated rings. The summed E-state index contributed by atoms with van der Waals surface area (Å²) in [5.41, 5.74) is 2.97. The second-order valence-corrected chi connectivity index (χ2v) is 4.37. The number of rotatable bonds is 0. The van der Waals surface area contributed by atoms with E-state index in [1.807, 2.05) is 23.7 Å². The number of hydrogen-bond donors (Lipinski definition) is 0. The Hall–Kier alpha value is -2.87. The van der Waals surface area contributed by atoms with Crippen molar-refractivity contribution in [3.05, 3.63) is 61.0 Å². The second-order valence-electron chi connectivity index (χ2n) is 3.48. The maximum Gasteiger partial charge on any atom is 0.289 e. The summed E-state index contributed by atoms with van der Waals surface area (Å²) < 4.78 is 1.26. The van der Waals surface area contributed by atoms with Crippen LogP contribution >= 0.6 is 11.3 Å². The first-order valence-corrected chi connectivity index (χ1v) is 6.69. The van der Waals surface area contributed by atoms with Gasteiger partial charge in [-0.1, -0.05) is 12.1 Å². The Kier molecular flexibility index (Phi) is 5.77. The van der Waals surface area contributed by atoms with Crippen LogP contribution in [-0.2, 0) is 4.79 Å². The van der Waals surface area contributed by atoms with Crippen molar-refractivity contribution >= 4 is 27.5 Å². The number of amides is 1. The van der Waals surface area contributed by atoms with Gasteiger partial charge < -0.3 is 0 Å². The molecule has 0 saturated heterocycles. The molecule has 104 valence electrons. The number of carbonyl (C=O) groups excluding carboxylic acids is 1. The largest absolute Gasteiger partial charge is 0.289 e. The van der Waals surface area contributed by atoms with Crippen LogP contribution in [0.2, 0.25) is 0 Å². The number of fused-ring (bicyclic) bond motifs is 1. The molecule has 0 N–H and O–H groups in total. The molecule has 0 radical (unpaired) electrons. The molecule has 3 aromatic rings. The average Bonchev–Trinajstić information content (AvgIpc) is 3.21. The summed E-state index contributed by atoms with van der Waals surface area (Å²) in [6.07, 6.45) is 6.98. The summed E-state index contributed by atoms with van der Waals surface area (Å²) in [6, 6.07) is 8.13. The fraction of sp³-hybridized carbons (Fsp3) is 0. The van der Waals surface area contributed by atoms with Crippen LogP contribution in [0.4, 0.5) is 0 Å². The number of aromatic nitrogens is 4. The molecule has 2 aromatic heterocycles. The van der Waals surface area contributed by atoms with Crippen LogP contribution in [0.15, 0.2) is 71.3 Å². The van der Waals surface area contributed by atoms with Crippen LogP contribution in [0.5, 0.6) is 0 Å². The molecule has 0 aliphatic carbocycles. The zero-order valence-electron chi connectivity index (χ0n) is 10.8. The van der Waals surface area contributed by atoms with E-state index in [9.17, 15) is 4.79 Å². The first kappa shape index (κ1) is 14.5. The lowest BCUT2D eigenvalue weighted by molar-refractivity contribution is -0.113. The highest BCUT2D eigenvalue weighted by Gasteiger charge is 1.92. The van der Waals surface area contributed by atoms with Gasteiger partial charge in [0.1, 0.15) is 19.0 Å². The number of carbonyl (C=O) groups is 1. The van der Waals surface area contributed by atoms with Crippen molar-refractivity contribution in [1.29, 1.82) is 0 Å². The molecule has 1 aliphatic heterocycles. The van der Waals surface area contributed by atoms with E-state index in [0.717, 1.165) is 5.52 Å². The smallest absolute Gasteiger partial charge is 0.266 e. The van der Waals surface area contributed by atoms with E-state index >= 15 is 0 Å². The van der Waals surface area contributed by atoms with Crippen molar-refractivity contribution in [2.24, 2.45) is 10.2 Å². The third-order valence-electron chi connectivity index (χ3n) is 2.08. The van der Waals surface area contributed by atoms with E-state index in [1.54, 1.807) is 11.3 Å². The van der Waals surface area contributed by atoms with Gasteiger partial charge in [0, 0.05) is 6.08 Å². The number of azo groups is 1. The van der Waals surface area contributed by atoms with Crippen molar-refractivity contribution in [3.8, 4) is 0 Å². The maximum atomic E-state index is 9.90. The molecule has 8 heteroatoms. The second kappa shape index (κ2) is 8.33. The van der Waals surface area contributed by atoms with Crippen LogP contribution in [0, 0.1) is 0 Å². The van der Waals surface area contributed by atoms with Gasteiger partial charge in [0.05, 0.1) is 21.9 Å². The first-order valence-electron chi connectivity index (χ1n) is 5.81. The van der Waals surface area contributed by atoms with Gasteiger partial charge in [0.25, 0.3) is 5.91 Å². The molecule has 4 rings (SSSR count). The van der Waals surface area contributed by atoms with Crippen molar-refractivity contribution < 1.29 is 4.79 Å². The summed E-state index contributed by atoms with van der Waals surface area (Å²) in [5, 5.41) is 6.37. The summed E-state index contributed by atoms with van der Waals surface area (Å²) in [6.45, 7) is 0. The van der Waals surface area contributed by atoms with Crippen LogP contribution in [0.1, 0.15) is 0 Å². The van der Waals surface area contributed by atoms with Gasteiger partial charge in [-0.25, -0.2) is 19.9 Å². The molecule has 7 nitrogen and oxygen atoms in total. The monoisotopic (exact) mass is 298 g/mol. The molecule has 0 atom stereocenters. The highest BCUT2D eigenvalue weighted by atomic mass is 32.1. The van der Waals surface area contributed by atoms with Crippen LogP contribution < -0.4 is 0 Å². The lowest BCUT2D eigenvalue weighted by Gasteiger charge is -1.80. The Labute approximate surface area is 124 Å². The quantitative estimate of drug-likeness (QED) is 0.636. The van der Waals surface area contributed by atoms with Crippen molar-refractivity contribution in [2.45, 2.75) is 0 Å². The van der Waals surface area contributed by atoms with Gasteiger partial charge >= 0.3 is 0 Å². The number of nitrogens with zero attached hydrogens (tertiary/aromatic N) is 6. The van der Waals surface area contributed by atoms with E-state index in [0.29, 0.717) is 0 Å². The summed E-state index contributed by atoms with van der Waals surface area (Å²) >= 11 is 1.68. The standard InChI is InChI=1S/C7H5NS.C3H3N3.C3H2N2O/c1-2-4-7-6(3-1)8-5-9-7;1-4-2-6-3-5-1;6-3-1-2-4-5-3/h1-5H;1-3H;1-2H. The zero-order valence-corrected chi connectivity index (χ0v) is 11.6. The fourth-order valence-electron chi connectivity index (χ4n) is 1.23. The molecule has 21 heavy (non-hydrogen) atoms. The number of benzene rings is 1. The third kappa shape index (κ3) is 5.33. The molecule has 1 aromatic carbocycles. The van der Waals surface area contributed by atoms with Crippen molar-refractivity contribution in [3.63, 3.8) is 0 Å². The van der Waals surface area contributed by atoms with Gasteiger partial charge in [-0.05, 0) is 12.1 Å². The van der Waals surface area contributed by atoms with Crippen LogP contribution in [0.25, 0.3) is 10.2 Å². The molecule has 0 saturated carbocycles. The van der Waals surface area contributed by atoms with Gasteiger partial charge in [-0.15, -0.1) is 16.5 Å². The summed E-state index contributed by atoms with van der Waals surface area (Å²) in [7, 11) is 0. The minimum Gasteiger partial charge on any atom is -0.266 e. The minimum atomic E-state index is -0.269. The normalized spacial score (nSPS) is 11.5. The Balaban J connectivity index is 0.000000120. The van der Waals surface area contributed by atoms with Crippen molar-refractivity contribution in [2.75, 3.05) is 0 Å². The lowest BCUT2D eigenvalue weighted by Crippen LogP contribution is -1.74. The summed E-state index contributed by atoms with van der Waals surface area (Å²) in [4.78, 5) is 24.7. The van der Waals surface area contributed by atoms with Gasteiger partial charge in [0.15, 0.2) is 0 Å². The number of para-hydroxylation sites is 1. The van der Waals surface area contributed by atoms with Crippen molar-refractivity contribution in [1.82, 2.24) is 19.9 Å². The van der Waals surface area contributed by atoms with E-state index in [2.05, 4.69) is 36.2 Å². The topological polar surface area (TPSA) is 93.3 Å². The Morgan fingerprint density at radius 2 is 1.67 bits per heavy atom. The Morgan fingerprint density at radius 3 is 2.14 bits per heavy atom. The molecule has 0 bridgehead atoms. The minimum absolute atomic E-state index is 0.269. The predicted octanol–water partition coefficient (Wildman–Crippen LogP) is 2.66. The third-order valence-corrected chi connectivity index (χ3v) is 2.89. The molecule has 3 heterocycles. The van der Waals surface area contributed by atoms with E-state index in [1.165, 1.54) is 36.0 Å². The number of hydrogen-bond acceptors (Lipinski definition) is 7. The van der Waals surface area contributed by atoms with E-state index in [-0.39, 0.29) is 5.91 Å². The predicted molar refractivity (Wildman–Crippen MR) is 78.5 cm³/mol. The molecule has 1 aliphatic rings. The molecular weight excluding hydrogens is 288 g/mol. The molecule has 0 spiro atoms. The molecule has 0 unspecified atom stereocenters. The zero-order chi connectivity index (χ0) is 14.8.